The van der Waals surface area contributed by atoms with Crippen LogP contribution in [0.25, 0.3) is 0 Å². The minimum absolute atomic E-state index is 0.0579. The van der Waals surface area contributed by atoms with Gasteiger partial charge in [0.05, 0.1) is 12.6 Å². The van der Waals surface area contributed by atoms with Crippen LogP contribution in [0.15, 0.2) is 65.7 Å². The summed E-state index contributed by atoms with van der Waals surface area (Å²) in [5.41, 5.74) is 1.99. The molecule has 0 radical (unpaired) electrons. The summed E-state index contributed by atoms with van der Waals surface area (Å²) in [6.07, 6.45) is 2.51. The largest absolute Gasteiger partial charge is 0.357 e. The van der Waals surface area contributed by atoms with Gasteiger partial charge in [-0.15, -0.1) is 0 Å². The average molecular weight is 408 g/mol. The molecule has 2 aromatic carbocycles. The van der Waals surface area contributed by atoms with Crippen LogP contribution in [0.1, 0.15) is 41.7 Å². The molecule has 1 atom stereocenters. The molecule has 6 nitrogen and oxygen atoms in total. The summed E-state index contributed by atoms with van der Waals surface area (Å²) in [5.74, 6) is 0.726. The maximum atomic E-state index is 12.1. The number of hydrogen-bond donors (Lipinski definition) is 3. The molecule has 1 fully saturated rings. The van der Waals surface area contributed by atoms with Gasteiger partial charge in [0, 0.05) is 25.2 Å². The maximum Gasteiger partial charge on any atom is 0.251 e. The first-order chi connectivity index (χ1) is 14.8. The zero-order chi connectivity index (χ0) is 21.0. The summed E-state index contributed by atoms with van der Waals surface area (Å²) < 4.78 is 0. The van der Waals surface area contributed by atoms with E-state index in [0.29, 0.717) is 31.2 Å². The molecule has 1 unspecified atom stereocenters. The van der Waals surface area contributed by atoms with Gasteiger partial charge in [0.15, 0.2) is 5.96 Å². The Morgan fingerprint density at radius 1 is 0.933 bits per heavy atom. The van der Waals surface area contributed by atoms with Crippen molar-refractivity contribution in [2.45, 2.75) is 25.8 Å². The third-order valence-corrected chi connectivity index (χ3v) is 5.27. The van der Waals surface area contributed by atoms with Gasteiger partial charge in [0.25, 0.3) is 5.91 Å². The number of aliphatic imine (C=N–C) groups is 1. The Labute approximate surface area is 179 Å². The monoisotopic (exact) mass is 407 g/mol. The summed E-state index contributed by atoms with van der Waals surface area (Å²) in [5, 5.41) is 9.58. The summed E-state index contributed by atoms with van der Waals surface area (Å²) in [7, 11) is 0. The predicted molar refractivity (Wildman–Crippen MR) is 123 cm³/mol. The normalized spacial score (nSPS) is 15.6. The molecule has 0 spiro atoms. The Morgan fingerprint density at radius 3 is 2.23 bits per heavy atom. The van der Waals surface area contributed by atoms with Gasteiger partial charge in [-0.3, -0.25) is 14.7 Å². The lowest BCUT2D eigenvalue weighted by atomic mass is 10.1. The molecule has 6 heteroatoms. The van der Waals surface area contributed by atoms with Crippen molar-refractivity contribution in [3.63, 3.8) is 0 Å². The van der Waals surface area contributed by atoms with Crippen molar-refractivity contribution >= 4 is 11.9 Å². The number of nitrogens with zero attached hydrogens (tertiary/aromatic N) is 2. The molecule has 1 aliphatic rings. The average Bonchev–Trinajstić information content (AvgIpc) is 3.32. The second-order valence-corrected chi connectivity index (χ2v) is 7.44. The van der Waals surface area contributed by atoms with Crippen molar-refractivity contribution < 1.29 is 4.79 Å². The van der Waals surface area contributed by atoms with Crippen molar-refractivity contribution in [3.05, 3.63) is 71.8 Å². The van der Waals surface area contributed by atoms with Gasteiger partial charge in [-0.2, -0.15) is 0 Å². The van der Waals surface area contributed by atoms with E-state index in [1.807, 2.05) is 30.3 Å². The van der Waals surface area contributed by atoms with Crippen LogP contribution in [0.4, 0.5) is 0 Å². The first-order valence-corrected chi connectivity index (χ1v) is 10.9. The van der Waals surface area contributed by atoms with Crippen LogP contribution in [0, 0.1) is 0 Å². The Morgan fingerprint density at radius 2 is 1.57 bits per heavy atom. The second-order valence-electron chi connectivity index (χ2n) is 7.44. The van der Waals surface area contributed by atoms with E-state index < -0.39 is 0 Å². The highest BCUT2D eigenvalue weighted by molar-refractivity contribution is 5.94. The number of carbonyl (C=O) groups is 1. The molecule has 0 bridgehead atoms. The highest BCUT2D eigenvalue weighted by Crippen LogP contribution is 2.25. The van der Waals surface area contributed by atoms with Crippen molar-refractivity contribution in [2.75, 3.05) is 39.3 Å². The van der Waals surface area contributed by atoms with E-state index in [-0.39, 0.29) is 5.91 Å². The van der Waals surface area contributed by atoms with Crippen LogP contribution in [0.2, 0.25) is 0 Å². The molecule has 0 saturated carbocycles. The van der Waals surface area contributed by atoms with E-state index in [4.69, 9.17) is 4.99 Å². The topological polar surface area (TPSA) is 68.8 Å². The minimum atomic E-state index is -0.0579. The molecule has 1 heterocycles. The fraction of sp³-hybridized carbons (Fsp3) is 0.417. The Kier molecular flexibility index (Phi) is 8.72. The molecule has 1 amide bonds. The molecule has 0 aromatic heterocycles. The van der Waals surface area contributed by atoms with Gasteiger partial charge >= 0.3 is 0 Å². The number of hydrogen-bond acceptors (Lipinski definition) is 3. The van der Waals surface area contributed by atoms with Crippen molar-refractivity contribution in [3.8, 4) is 0 Å². The number of benzene rings is 2. The first kappa shape index (κ1) is 21.8. The second kappa shape index (κ2) is 12.0. The standard InChI is InChI=1S/C24H33N5O/c1-2-25-24(27-16-15-26-23(30)21-13-7-4-8-14-21)28-19-22(29-17-9-10-18-29)20-11-5-3-6-12-20/h3-8,11-14,22H,2,9-10,15-19H2,1H3,(H,26,30)(H2,25,27,28). The number of nitrogens with one attached hydrogen (secondary N) is 3. The molecule has 2 aromatic rings. The van der Waals surface area contributed by atoms with Gasteiger partial charge in [-0.05, 0) is 50.6 Å². The van der Waals surface area contributed by atoms with Crippen molar-refractivity contribution in [2.24, 2.45) is 4.99 Å². The van der Waals surface area contributed by atoms with Crippen LogP contribution < -0.4 is 16.0 Å². The van der Waals surface area contributed by atoms with Gasteiger partial charge in [-0.1, -0.05) is 48.5 Å². The summed E-state index contributed by atoms with van der Waals surface area (Å²) in [6.45, 7) is 6.97. The van der Waals surface area contributed by atoms with Gasteiger partial charge < -0.3 is 16.0 Å². The van der Waals surface area contributed by atoms with Crippen LogP contribution in [-0.2, 0) is 0 Å². The number of likely N-dealkylation sites (tertiary alicyclic amines) is 1. The third kappa shape index (κ3) is 6.59. The fourth-order valence-electron chi connectivity index (χ4n) is 3.73. The van der Waals surface area contributed by atoms with Gasteiger partial charge in [-0.25, -0.2) is 0 Å². The molecule has 1 saturated heterocycles. The summed E-state index contributed by atoms with van der Waals surface area (Å²) >= 11 is 0. The van der Waals surface area contributed by atoms with E-state index in [1.165, 1.54) is 18.4 Å². The lowest BCUT2D eigenvalue weighted by Crippen LogP contribution is -2.42. The van der Waals surface area contributed by atoms with Crippen LogP contribution in [0.5, 0.6) is 0 Å². The predicted octanol–water partition coefficient (Wildman–Crippen LogP) is 2.81. The minimum Gasteiger partial charge on any atom is -0.357 e. The highest BCUT2D eigenvalue weighted by Gasteiger charge is 2.23. The third-order valence-electron chi connectivity index (χ3n) is 5.27. The Balaban J connectivity index is 1.54. The number of guanidine groups is 1. The smallest absolute Gasteiger partial charge is 0.251 e. The SMILES string of the molecule is CCNC(=NCC(c1ccccc1)N1CCCC1)NCCNC(=O)c1ccccc1. The molecule has 3 N–H and O–H groups in total. The van der Waals surface area contributed by atoms with E-state index in [2.05, 4.69) is 58.1 Å². The van der Waals surface area contributed by atoms with E-state index >= 15 is 0 Å². The maximum absolute atomic E-state index is 12.1. The molecule has 3 rings (SSSR count). The van der Waals surface area contributed by atoms with Crippen LogP contribution in [-0.4, -0.2) is 56.0 Å². The van der Waals surface area contributed by atoms with E-state index in [9.17, 15) is 4.79 Å². The lowest BCUT2D eigenvalue weighted by Gasteiger charge is -2.27. The van der Waals surface area contributed by atoms with Crippen molar-refractivity contribution in [1.29, 1.82) is 0 Å². The highest BCUT2D eigenvalue weighted by atomic mass is 16.1. The van der Waals surface area contributed by atoms with Crippen molar-refractivity contribution in [1.82, 2.24) is 20.9 Å². The van der Waals surface area contributed by atoms with Crippen LogP contribution >= 0.6 is 0 Å². The zero-order valence-electron chi connectivity index (χ0n) is 17.8. The molecule has 160 valence electrons. The molecule has 30 heavy (non-hydrogen) atoms. The van der Waals surface area contributed by atoms with E-state index in [1.54, 1.807) is 0 Å². The molecular weight excluding hydrogens is 374 g/mol. The first-order valence-electron chi connectivity index (χ1n) is 10.9. The van der Waals surface area contributed by atoms with Crippen LogP contribution in [0.3, 0.4) is 0 Å². The summed E-state index contributed by atoms with van der Waals surface area (Å²) in [4.78, 5) is 19.5. The number of amides is 1. The molecule has 0 aliphatic carbocycles. The Bertz CT molecular complexity index is 788. The van der Waals surface area contributed by atoms with Gasteiger partial charge in [0.2, 0.25) is 0 Å². The fourth-order valence-corrected chi connectivity index (χ4v) is 3.73. The van der Waals surface area contributed by atoms with Gasteiger partial charge in [0.1, 0.15) is 0 Å². The molecular formula is C24H33N5O. The lowest BCUT2D eigenvalue weighted by molar-refractivity contribution is 0.0954. The quantitative estimate of drug-likeness (QED) is 0.340. The Hall–Kier alpha value is -2.86. The van der Waals surface area contributed by atoms with E-state index in [0.717, 1.165) is 25.6 Å². The zero-order valence-corrected chi connectivity index (χ0v) is 17.8. The summed E-state index contributed by atoms with van der Waals surface area (Å²) in [6, 6.07) is 20.2. The number of carbonyl (C=O) groups excluding carboxylic acids is 1. The molecule has 1 aliphatic heterocycles. The number of rotatable bonds is 9.